The van der Waals surface area contributed by atoms with E-state index >= 15 is 0 Å². The molecule has 1 heterocycles. The summed E-state index contributed by atoms with van der Waals surface area (Å²) >= 11 is 5.84. The van der Waals surface area contributed by atoms with E-state index in [0.717, 1.165) is 0 Å². The molecule has 2 rings (SSSR count). The Bertz CT molecular complexity index is 655. The zero-order chi connectivity index (χ0) is 16.2. The van der Waals surface area contributed by atoms with Crippen molar-refractivity contribution in [3.63, 3.8) is 0 Å². The van der Waals surface area contributed by atoms with Crippen molar-refractivity contribution in [3.8, 4) is 0 Å². The number of halogens is 1. The highest BCUT2D eigenvalue weighted by Gasteiger charge is 2.40. The van der Waals surface area contributed by atoms with Crippen LogP contribution in [0.15, 0.2) is 42.7 Å². The quantitative estimate of drug-likeness (QED) is 0.852. The maximum absolute atomic E-state index is 12.2. The van der Waals surface area contributed by atoms with Crippen LogP contribution in [0.5, 0.6) is 0 Å². The Morgan fingerprint density at radius 3 is 2.55 bits per heavy atom. The number of benzene rings is 1. The van der Waals surface area contributed by atoms with Gasteiger partial charge in [-0.05, 0) is 30.2 Å². The van der Waals surface area contributed by atoms with Gasteiger partial charge in [0.15, 0.2) is 5.54 Å². The molecule has 0 aliphatic heterocycles. The number of amides is 1. The number of nitrogens with zero attached hydrogens (tertiary/aromatic N) is 2. The molecule has 0 aliphatic carbocycles. The molecule has 0 saturated carbocycles. The monoisotopic (exact) mass is 321 g/mol. The van der Waals surface area contributed by atoms with Crippen molar-refractivity contribution in [1.29, 1.82) is 0 Å². The zero-order valence-corrected chi connectivity index (χ0v) is 12.7. The number of carboxylic acid groups (broad SMARTS) is 1. The second-order valence-corrected chi connectivity index (χ2v) is 5.26. The minimum absolute atomic E-state index is 0.0460. The van der Waals surface area contributed by atoms with Crippen LogP contribution in [0.1, 0.15) is 18.9 Å². The third-order valence-corrected chi connectivity index (χ3v) is 3.70. The molecule has 0 aliphatic rings. The summed E-state index contributed by atoms with van der Waals surface area (Å²) in [6, 6.07) is 8.10. The van der Waals surface area contributed by atoms with Gasteiger partial charge < -0.3 is 10.4 Å². The Morgan fingerprint density at radius 1 is 1.36 bits per heavy atom. The zero-order valence-electron chi connectivity index (χ0n) is 12.0. The SMILES string of the molecule is CCC(NC(=O)Cn1cccn1)(C(=O)O)c1ccc(Cl)cc1. The molecule has 0 radical (unpaired) electrons. The van der Waals surface area contributed by atoms with E-state index in [1.165, 1.54) is 4.68 Å². The summed E-state index contributed by atoms with van der Waals surface area (Å²) < 4.78 is 1.43. The molecule has 1 unspecified atom stereocenters. The van der Waals surface area contributed by atoms with E-state index in [-0.39, 0.29) is 13.0 Å². The third kappa shape index (κ3) is 3.28. The lowest BCUT2D eigenvalue weighted by atomic mass is 9.87. The second-order valence-electron chi connectivity index (χ2n) is 4.82. The van der Waals surface area contributed by atoms with E-state index in [1.807, 2.05) is 0 Å². The molecule has 1 aromatic carbocycles. The first-order valence-corrected chi connectivity index (χ1v) is 7.13. The number of hydrogen-bond acceptors (Lipinski definition) is 3. The molecule has 0 bridgehead atoms. The summed E-state index contributed by atoms with van der Waals surface area (Å²) in [7, 11) is 0. The van der Waals surface area contributed by atoms with Crippen LogP contribution in [-0.2, 0) is 21.7 Å². The molecule has 2 aromatic rings. The Balaban J connectivity index is 2.27. The number of carbonyl (C=O) groups is 2. The summed E-state index contributed by atoms with van der Waals surface area (Å²) in [4.78, 5) is 24.0. The molecule has 1 amide bonds. The molecule has 7 heteroatoms. The van der Waals surface area contributed by atoms with Gasteiger partial charge in [0, 0.05) is 17.4 Å². The summed E-state index contributed by atoms with van der Waals surface area (Å²) in [5.41, 5.74) is -1.02. The van der Waals surface area contributed by atoms with E-state index in [9.17, 15) is 14.7 Å². The minimum atomic E-state index is -1.49. The molecular weight excluding hydrogens is 306 g/mol. The van der Waals surface area contributed by atoms with Gasteiger partial charge in [-0.25, -0.2) is 4.79 Å². The molecule has 1 aromatic heterocycles. The van der Waals surface area contributed by atoms with Gasteiger partial charge in [-0.15, -0.1) is 0 Å². The molecular formula is C15H16ClN3O3. The van der Waals surface area contributed by atoms with Crippen LogP contribution >= 0.6 is 11.6 Å². The molecule has 1 atom stereocenters. The van der Waals surface area contributed by atoms with Crippen molar-refractivity contribution in [2.45, 2.75) is 25.4 Å². The number of aromatic nitrogens is 2. The van der Waals surface area contributed by atoms with Gasteiger partial charge in [0.2, 0.25) is 5.91 Å². The predicted molar refractivity (Wildman–Crippen MR) is 81.4 cm³/mol. The fourth-order valence-corrected chi connectivity index (χ4v) is 2.37. The minimum Gasteiger partial charge on any atom is -0.479 e. The van der Waals surface area contributed by atoms with E-state index < -0.39 is 17.4 Å². The van der Waals surface area contributed by atoms with Gasteiger partial charge in [0.05, 0.1) is 0 Å². The van der Waals surface area contributed by atoms with E-state index in [0.29, 0.717) is 10.6 Å². The molecule has 0 saturated heterocycles. The third-order valence-electron chi connectivity index (χ3n) is 3.45. The van der Waals surface area contributed by atoms with Crippen LogP contribution < -0.4 is 5.32 Å². The highest BCUT2D eigenvalue weighted by atomic mass is 35.5. The second kappa shape index (κ2) is 6.62. The van der Waals surface area contributed by atoms with Crippen molar-refractivity contribution < 1.29 is 14.7 Å². The first kappa shape index (κ1) is 16.0. The number of carbonyl (C=O) groups excluding carboxylic acids is 1. The van der Waals surface area contributed by atoms with Gasteiger partial charge >= 0.3 is 5.97 Å². The number of hydrogen-bond donors (Lipinski definition) is 2. The molecule has 0 fully saturated rings. The van der Waals surface area contributed by atoms with E-state index in [4.69, 9.17) is 11.6 Å². The largest absolute Gasteiger partial charge is 0.479 e. The Morgan fingerprint density at radius 2 is 2.05 bits per heavy atom. The van der Waals surface area contributed by atoms with Gasteiger partial charge in [-0.1, -0.05) is 30.7 Å². The lowest BCUT2D eigenvalue weighted by Gasteiger charge is -2.30. The van der Waals surface area contributed by atoms with Crippen LogP contribution in [-0.4, -0.2) is 26.8 Å². The normalized spacial score (nSPS) is 13.4. The summed E-state index contributed by atoms with van der Waals surface area (Å²) in [6.45, 7) is 1.66. The number of nitrogens with one attached hydrogen (secondary N) is 1. The van der Waals surface area contributed by atoms with Crippen LogP contribution in [0.25, 0.3) is 0 Å². The Hall–Kier alpha value is -2.34. The van der Waals surface area contributed by atoms with Gasteiger partial charge in [-0.3, -0.25) is 9.48 Å². The summed E-state index contributed by atoms with van der Waals surface area (Å²) in [5, 5.41) is 16.7. The van der Waals surface area contributed by atoms with E-state index in [1.54, 1.807) is 49.6 Å². The van der Waals surface area contributed by atoms with Gasteiger partial charge in [0.1, 0.15) is 6.54 Å². The maximum atomic E-state index is 12.2. The lowest BCUT2D eigenvalue weighted by Crippen LogP contribution is -2.52. The van der Waals surface area contributed by atoms with Gasteiger partial charge in [-0.2, -0.15) is 5.10 Å². The average molecular weight is 322 g/mol. The average Bonchev–Trinajstić information content (AvgIpc) is 2.98. The van der Waals surface area contributed by atoms with E-state index in [2.05, 4.69) is 10.4 Å². The summed E-state index contributed by atoms with van der Waals surface area (Å²) in [5.74, 6) is -1.55. The molecule has 22 heavy (non-hydrogen) atoms. The van der Waals surface area contributed by atoms with Crippen LogP contribution in [0.4, 0.5) is 0 Å². The fraction of sp³-hybridized carbons (Fsp3) is 0.267. The summed E-state index contributed by atoms with van der Waals surface area (Å²) in [6.07, 6.45) is 3.39. The van der Waals surface area contributed by atoms with Gasteiger partial charge in [0.25, 0.3) is 0 Å². The number of aliphatic carboxylic acids is 1. The van der Waals surface area contributed by atoms with Crippen molar-refractivity contribution >= 4 is 23.5 Å². The smallest absolute Gasteiger partial charge is 0.334 e. The highest BCUT2D eigenvalue weighted by Crippen LogP contribution is 2.27. The predicted octanol–water partition coefficient (Wildman–Crippen LogP) is 2.04. The first-order valence-electron chi connectivity index (χ1n) is 6.76. The number of rotatable bonds is 6. The van der Waals surface area contributed by atoms with Crippen molar-refractivity contribution in [3.05, 3.63) is 53.3 Å². The topological polar surface area (TPSA) is 84.2 Å². The Labute approximate surface area is 132 Å². The Kier molecular flexibility index (Phi) is 4.82. The van der Waals surface area contributed by atoms with Crippen molar-refractivity contribution in [1.82, 2.24) is 15.1 Å². The van der Waals surface area contributed by atoms with Crippen LogP contribution in [0, 0.1) is 0 Å². The molecule has 2 N–H and O–H groups in total. The molecule has 0 spiro atoms. The first-order chi connectivity index (χ1) is 10.5. The molecule has 6 nitrogen and oxygen atoms in total. The lowest BCUT2D eigenvalue weighted by molar-refractivity contribution is -0.148. The van der Waals surface area contributed by atoms with Crippen molar-refractivity contribution in [2.24, 2.45) is 0 Å². The number of carboxylic acids is 1. The van der Waals surface area contributed by atoms with Crippen LogP contribution in [0.3, 0.4) is 0 Å². The van der Waals surface area contributed by atoms with Crippen molar-refractivity contribution in [2.75, 3.05) is 0 Å². The molecule has 116 valence electrons. The van der Waals surface area contributed by atoms with Crippen LogP contribution in [0.2, 0.25) is 5.02 Å². The fourth-order valence-electron chi connectivity index (χ4n) is 2.25. The maximum Gasteiger partial charge on any atom is 0.334 e. The highest BCUT2D eigenvalue weighted by molar-refractivity contribution is 6.30. The standard InChI is InChI=1S/C15H16ClN3O3/c1-2-15(14(21)22,11-4-6-12(16)7-5-11)18-13(20)10-19-9-3-8-17-19/h3-9H,2,10H2,1H3,(H,18,20)(H,21,22).